The van der Waals surface area contributed by atoms with Gasteiger partial charge in [0.2, 0.25) is 0 Å². The number of rotatable bonds is 4. The van der Waals surface area contributed by atoms with Gasteiger partial charge in [-0.15, -0.1) is 0 Å². The van der Waals surface area contributed by atoms with Crippen LogP contribution in [0.15, 0.2) is 73.3 Å². The SMILES string of the molecule is CN(Cc1cccc2cnccc12)C(=O)c1ccccc1-c1ncc[nH]1. The molecular weight excluding hydrogens is 324 g/mol. The number of nitrogens with zero attached hydrogens (tertiary/aromatic N) is 3. The van der Waals surface area contributed by atoms with Crippen LogP contribution in [0.5, 0.6) is 0 Å². The fourth-order valence-corrected chi connectivity index (χ4v) is 3.15. The highest BCUT2D eigenvalue weighted by Crippen LogP contribution is 2.23. The topological polar surface area (TPSA) is 61.9 Å². The van der Waals surface area contributed by atoms with Crippen molar-refractivity contribution in [1.29, 1.82) is 0 Å². The summed E-state index contributed by atoms with van der Waals surface area (Å²) in [6.45, 7) is 0.521. The summed E-state index contributed by atoms with van der Waals surface area (Å²) in [7, 11) is 1.82. The van der Waals surface area contributed by atoms with Crippen molar-refractivity contribution >= 4 is 16.7 Å². The first kappa shape index (κ1) is 16.0. The second kappa shape index (κ2) is 6.80. The van der Waals surface area contributed by atoms with E-state index >= 15 is 0 Å². The summed E-state index contributed by atoms with van der Waals surface area (Å²) in [5, 5.41) is 2.18. The molecule has 0 atom stereocenters. The van der Waals surface area contributed by atoms with Crippen LogP contribution in [0.25, 0.3) is 22.2 Å². The van der Waals surface area contributed by atoms with E-state index in [1.165, 1.54) is 0 Å². The smallest absolute Gasteiger partial charge is 0.254 e. The van der Waals surface area contributed by atoms with Crippen molar-refractivity contribution in [2.45, 2.75) is 6.54 Å². The molecule has 128 valence electrons. The van der Waals surface area contributed by atoms with Gasteiger partial charge >= 0.3 is 0 Å². The number of aromatic amines is 1. The highest BCUT2D eigenvalue weighted by Gasteiger charge is 2.18. The zero-order valence-corrected chi connectivity index (χ0v) is 14.4. The zero-order chi connectivity index (χ0) is 17.9. The van der Waals surface area contributed by atoms with E-state index in [9.17, 15) is 4.79 Å². The summed E-state index contributed by atoms with van der Waals surface area (Å²) in [5.41, 5.74) is 2.53. The predicted molar refractivity (Wildman–Crippen MR) is 102 cm³/mol. The van der Waals surface area contributed by atoms with Crippen molar-refractivity contribution in [3.05, 3.63) is 84.4 Å². The number of carbonyl (C=O) groups excluding carboxylic acids is 1. The molecule has 0 fully saturated rings. The number of hydrogen-bond donors (Lipinski definition) is 1. The number of H-pyrrole nitrogens is 1. The molecule has 2 heterocycles. The summed E-state index contributed by atoms with van der Waals surface area (Å²) >= 11 is 0. The molecule has 0 bridgehead atoms. The van der Waals surface area contributed by atoms with Gasteiger partial charge in [-0.05, 0) is 23.1 Å². The van der Waals surface area contributed by atoms with Gasteiger partial charge < -0.3 is 9.88 Å². The molecule has 2 aromatic heterocycles. The molecule has 4 rings (SSSR count). The second-order valence-corrected chi connectivity index (χ2v) is 6.16. The summed E-state index contributed by atoms with van der Waals surface area (Å²) in [4.78, 5) is 26.3. The molecule has 0 saturated heterocycles. The predicted octanol–water partition coefficient (Wildman–Crippen LogP) is 3.90. The molecule has 5 heteroatoms. The van der Waals surface area contributed by atoms with Crippen molar-refractivity contribution in [2.75, 3.05) is 7.05 Å². The highest BCUT2D eigenvalue weighted by atomic mass is 16.2. The fourth-order valence-electron chi connectivity index (χ4n) is 3.15. The number of imidazole rings is 1. The Bertz CT molecular complexity index is 1050. The van der Waals surface area contributed by atoms with Crippen LogP contribution in [-0.4, -0.2) is 32.8 Å². The van der Waals surface area contributed by atoms with E-state index in [-0.39, 0.29) is 5.91 Å². The number of amides is 1. The van der Waals surface area contributed by atoms with Gasteiger partial charge in [-0.3, -0.25) is 9.78 Å². The lowest BCUT2D eigenvalue weighted by molar-refractivity contribution is 0.0786. The van der Waals surface area contributed by atoms with Gasteiger partial charge in [0.05, 0.1) is 5.56 Å². The third-order valence-corrected chi connectivity index (χ3v) is 4.44. The van der Waals surface area contributed by atoms with Crippen LogP contribution in [-0.2, 0) is 6.54 Å². The van der Waals surface area contributed by atoms with Crippen molar-refractivity contribution in [3.8, 4) is 11.4 Å². The van der Waals surface area contributed by atoms with Gasteiger partial charge in [0.25, 0.3) is 5.91 Å². The van der Waals surface area contributed by atoms with Crippen molar-refractivity contribution < 1.29 is 4.79 Å². The van der Waals surface area contributed by atoms with Crippen LogP contribution in [0.1, 0.15) is 15.9 Å². The van der Waals surface area contributed by atoms with E-state index in [2.05, 4.69) is 15.0 Å². The molecule has 0 spiro atoms. The molecule has 0 radical (unpaired) electrons. The van der Waals surface area contributed by atoms with Crippen LogP contribution in [0.3, 0.4) is 0 Å². The fraction of sp³-hybridized carbons (Fsp3) is 0.0952. The maximum Gasteiger partial charge on any atom is 0.254 e. The van der Waals surface area contributed by atoms with Gasteiger partial charge in [0.15, 0.2) is 0 Å². The minimum absolute atomic E-state index is 0.0388. The third-order valence-electron chi connectivity index (χ3n) is 4.44. The normalized spacial score (nSPS) is 10.8. The molecule has 0 aliphatic heterocycles. The van der Waals surface area contributed by atoms with E-state index in [0.717, 1.165) is 21.9 Å². The van der Waals surface area contributed by atoms with E-state index in [4.69, 9.17) is 0 Å². The molecule has 0 saturated carbocycles. The number of benzene rings is 2. The van der Waals surface area contributed by atoms with Crippen molar-refractivity contribution in [2.24, 2.45) is 0 Å². The maximum absolute atomic E-state index is 13.1. The molecule has 5 nitrogen and oxygen atoms in total. The monoisotopic (exact) mass is 342 g/mol. The Balaban J connectivity index is 1.65. The first-order valence-corrected chi connectivity index (χ1v) is 8.40. The Morgan fingerprint density at radius 1 is 1.08 bits per heavy atom. The molecule has 4 aromatic rings. The van der Waals surface area contributed by atoms with E-state index in [1.54, 1.807) is 23.5 Å². The van der Waals surface area contributed by atoms with Gasteiger partial charge in [-0.2, -0.15) is 0 Å². The van der Waals surface area contributed by atoms with E-state index < -0.39 is 0 Å². The molecule has 26 heavy (non-hydrogen) atoms. The minimum Gasteiger partial charge on any atom is -0.345 e. The molecular formula is C21H18N4O. The third kappa shape index (κ3) is 2.95. The Labute approximate surface area is 151 Å². The lowest BCUT2D eigenvalue weighted by atomic mass is 10.0. The molecule has 2 aromatic carbocycles. The lowest BCUT2D eigenvalue weighted by Gasteiger charge is -2.20. The van der Waals surface area contributed by atoms with Gasteiger partial charge in [-0.1, -0.05) is 36.4 Å². The van der Waals surface area contributed by atoms with Gasteiger partial charge in [-0.25, -0.2) is 4.98 Å². The molecule has 1 N–H and O–H groups in total. The molecule has 0 aliphatic rings. The van der Waals surface area contributed by atoms with Gasteiger partial charge in [0.1, 0.15) is 5.82 Å². The number of hydrogen-bond acceptors (Lipinski definition) is 3. The summed E-state index contributed by atoms with van der Waals surface area (Å²) in [6, 6.07) is 15.6. The molecule has 1 amide bonds. The van der Waals surface area contributed by atoms with Gasteiger partial charge in [0, 0.05) is 49.3 Å². The summed E-state index contributed by atoms with van der Waals surface area (Å²) in [6.07, 6.45) is 7.06. The Hall–Kier alpha value is -3.47. The van der Waals surface area contributed by atoms with Crippen molar-refractivity contribution in [1.82, 2.24) is 19.9 Å². The highest BCUT2D eigenvalue weighted by molar-refractivity contribution is 6.00. The summed E-state index contributed by atoms with van der Waals surface area (Å²) < 4.78 is 0. The number of aromatic nitrogens is 3. The Kier molecular flexibility index (Phi) is 4.19. The zero-order valence-electron chi connectivity index (χ0n) is 14.4. The van der Waals surface area contributed by atoms with E-state index in [0.29, 0.717) is 17.9 Å². The lowest BCUT2D eigenvalue weighted by Crippen LogP contribution is -2.26. The number of pyridine rings is 1. The van der Waals surface area contributed by atoms with Crippen LogP contribution in [0.2, 0.25) is 0 Å². The minimum atomic E-state index is -0.0388. The van der Waals surface area contributed by atoms with Crippen molar-refractivity contribution in [3.63, 3.8) is 0 Å². The maximum atomic E-state index is 13.1. The average molecular weight is 342 g/mol. The summed E-state index contributed by atoms with van der Waals surface area (Å²) in [5.74, 6) is 0.654. The number of nitrogens with one attached hydrogen (secondary N) is 1. The largest absolute Gasteiger partial charge is 0.345 e. The van der Waals surface area contributed by atoms with Crippen LogP contribution < -0.4 is 0 Å². The van der Waals surface area contributed by atoms with Crippen LogP contribution >= 0.6 is 0 Å². The first-order chi connectivity index (χ1) is 12.7. The number of fused-ring (bicyclic) bond motifs is 1. The quantitative estimate of drug-likeness (QED) is 0.612. The first-order valence-electron chi connectivity index (χ1n) is 8.40. The standard InChI is InChI=1S/C21H18N4O/c1-25(14-16-6-4-5-15-13-22-10-9-17(15)16)21(26)19-8-3-2-7-18(19)20-23-11-12-24-20/h2-13H,14H2,1H3,(H,23,24). The van der Waals surface area contributed by atoms with Crippen LogP contribution in [0, 0.1) is 0 Å². The van der Waals surface area contributed by atoms with Crippen LogP contribution in [0.4, 0.5) is 0 Å². The molecule has 0 unspecified atom stereocenters. The van der Waals surface area contributed by atoms with E-state index in [1.807, 2.05) is 61.8 Å². The molecule has 0 aliphatic carbocycles. The Morgan fingerprint density at radius 3 is 2.81 bits per heavy atom. The Morgan fingerprint density at radius 2 is 1.96 bits per heavy atom. The number of carbonyl (C=O) groups is 1. The average Bonchev–Trinajstić information content (AvgIpc) is 3.22. The second-order valence-electron chi connectivity index (χ2n) is 6.16.